The third kappa shape index (κ3) is 6.65. The summed E-state index contributed by atoms with van der Waals surface area (Å²) in [6, 6.07) is 6.25. The molecule has 19 heavy (non-hydrogen) atoms. The molecule has 0 aliphatic rings. The number of halogens is 2. The topological polar surface area (TPSA) is 12.0 Å². The summed E-state index contributed by atoms with van der Waals surface area (Å²) in [7, 11) is 0. The van der Waals surface area contributed by atoms with Crippen LogP contribution in [-0.2, 0) is 6.42 Å². The number of hydrogen-bond donors (Lipinski definition) is 1. The second-order valence-corrected chi connectivity index (χ2v) is 7.10. The smallest absolute Gasteiger partial charge is 0.0439 e. The summed E-state index contributed by atoms with van der Waals surface area (Å²) in [5.74, 6) is 0. The fraction of sp³-hybridized carbons (Fsp3) is 0.625. The van der Waals surface area contributed by atoms with Gasteiger partial charge in [0.25, 0.3) is 0 Å². The van der Waals surface area contributed by atoms with Crippen LogP contribution in [0, 0.1) is 5.41 Å². The zero-order chi connectivity index (χ0) is 14.5. The lowest BCUT2D eigenvalue weighted by atomic mass is 9.83. The van der Waals surface area contributed by atoms with Gasteiger partial charge in [0.05, 0.1) is 0 Å². The monoisotopic (exact) mass is 301 g/mol. The van der Waals surface area contributed by atoms with Gasteiger partial charge in [-0.3, -0.25) is 0 Å². The van der Waals surface area contributed by atoms with Crippen molar-refractivity contribution in [3.05, 3.63) is 33.8 Å². The van der Waals surface area contributed by atoms with Gasteiger partial charge in [-0.05, 0) is 55.0 Å². The van der Waals surface area contributed by atoms with Crippen molar-refractivity contribution >= 4 is 23.2 Å². The second kappa shape index (κ2) is 7.52. The van der Waals surface area contributed by atoms with Gasteiger partial charge in [0.1, 0.15) is 0 Å². The van der Waals surface area contributed by atoms with Crippen molar-refractivity contribution in [3.8, 4) is 0 Å². The quantitative estimate of drug-likeness (QED) is 0.717. The van der Waals surface area contributed by atoms with Gasteiger partial charge >= 0.3 is 0 Å². The lowest BCUT2D eigenvalue weighted by molar-refractivity contribution is 0.298. The van der Waals surface area contributed by atoms with E-state index in [0.717, 1.165) is 35.0 Å². The van der Waals surface area contributed by atoms with Crippen molar-refractivity contribution in [2.75, 3.05) is 6.54 Å². The van der Waals surface area contributed by atoms with Crippen molar-refractivity contribution in [3.63, 3.8) is 0 Å². The number of nitrogens with one attached hydrogen (secondary N) is 1. The Balaban J connectivity index is 2.47. The lowest BCUT2D eigenvalue weighted by Gasteiger charge is -2.25. The first-order chi connectivity index (χ1) is 8.80. The van der Waals surface area contributed by atoms with Crippen LogP contribution in [0.5, 0.6) is 0 Å². The van der Waals surface area contributed by atoms with Crippen molar-refractivity contribution in [1.82, 2.24) is 5.32 Å². The first kappa shape index (κ1) is 16.8. The van der Waals surface area contributed by atoms with E-state index in [1.54, 1.807) is 0 Å². The number of rotatable bonds is 7. The molecule has 0 aliphatic heterocycles. The SMILES string of the molecule is CC(C)NCCC(C)(C)CCc1cc(Cl)ccc1Cl. The van der Waals surface area contributed by atoms with E-state index in [9.17, 15) is 0 Å². The van der Waals surface area contributed by atoms with Crippen LogP contribution in [-0.4, -0.2) is 12.6 Å². The molecule has 0 amide bonds. The molecule has 1 aromatic carbocycles. The maximum atomic E-state index is 6.20. The minimum Gasteiger partial charge on any atom is -0.315 e. The number of benzene rings is 1. The predicted molar refractivity (Wildman–Crippen MR) is 86.3 cm³/mol. The van der Waals surface area contributed by atoms with Crippen LogP contribution in [0.25, 0.3) is 0 Å². The van der Waals surface area contributed by atoms with Crippen LogP contribution in [0.4, 0.5) is 0 Å². The van der Waals surface area contributed by atoms with Crippen LogP contribution >= 0.6 is 23.2 Å². The van der Waals surface area contributed by atoms with Gasteiger partial charge in [0.15, 0.2) is 0 Å². The summed E-state index contributed by atoms with van der Waals surface area (Å²) < 4.78 is 0. The Kier molecular flexibility index (Phi) is 6.65. The first-order valence-corrected chi connectivity index (χ1v) is 7.73. The summed E-state index contributed by atoms with van der Waals surface area (Å²) in [6.07, 6.45) is 3.27. The lowest BCUT2D eigenvalue weighted by Crippen LogP contribution is -2.28. The minimum absolute atomic E-state index is 0.313. The van der Waals surface area contributed by atoms with Crippen molar-refractivity contribution in [1.29, 1.82) is 0 Å². The van der Waals surface area contributed by atoms with Gasteiger partial charge in [0, 0.05) is 16.1 Å². The normalized spacial score (nSPS) is 12.2. The highest BCUT2D eigenvalue weighted by molar-refractivity contribution is 6.33. The fourth-order valence-electron chi connectivity index (χ4n) is 2.03. The molecule has 0 saturated heterocycles. The van der Waals surface area contributed by atoms with E-state index in [4.69, 9.17) is 23.2 Å². The molecular formula is C16H25Cl2N. The highest BCUT2D eigenvalue weighted by Gasteiger charge is 2.18. The largest absolute Gasteiger partial charge is 0.315 e. The van der Waals surface area contributed by atoms with Crippen LogP contribution in [0.1, 0.15) is 46.1 Å². The Hall–Kier alpha value is -0.240. The molecule has 1 N–H and O–H groups in total. The van der Waals surface area contributed by atoms with Gasteiger partial charge in [-0.1, -0.05) is 50.9 Å². The Morgan fingerprint density at radius 1 is 1.16 bits per heavy atom. The molecule has 0 fully saturated rings. The van der Waals surface area contributed by atoms with Crippen molar-refractivity contribution in [2.24, 2.45) is 5.41 Å². The fourth-order valence-corrected chi connectivity index (χ4v) is 2.44. The highest BCUT2D eigenvalue weighted by Crippen LogP contribution is 2.29. The van der Waals surface area contributed by atoms with Gasteiger partial charge in [0.2, 0.25) is 0 Å². The Morgan fingerprint density at radius 3 is 2.47 bits per heavy atom. The molecule has 0 bridgehead atoms. The minimum atomic E-state index is 0.313. The van der Waals surface area contributed by atoms with Crippen LogP contribution < -0.4 is 5.32 Å². The van der Waals surface area contributed by atoms with E-state index in [2.05, 4.69) is 33.0 Å². The summed E-state index contributed by atoms with van der Waals surface area (Å²) in [5.41, 5.74) is 1.46. The summed E-state index contributed by atoms with van der Waals surface area (Å²) in [5, 5.41) is 5.06. The van der Waals surface area contributed by atoms with Crippen LogP contribution in [0.3, 0.4) is 0 Å². The first-order valence-electron chi connectivity index (χ1n) is 6.97. The highest BCUT2D eigenvalue weighted by atomic mass is 35.5. The van der Waals surface area contributed by atoms with E-state index < -0.39 is 0 Å². The Labute approximate surface area is 127 Å². The maximum Gasteiger partial charge on any atom is 0.0439 e. The molecule has 0 saturated carbocycles. The number of aryl methyl sites for hydroxylation is 1. The third-order valence-corrected chi connectivity index (χ3v) is 4.04. The molecule has 0 aliphatic carbocycles. The van der Waals surface area contributed by atoms with Gasteiger partial charge in [-0.25, -0.2) is 0 Å². The van der Waals surface area contributed by atoms with Crippen molar-refractivity contribution in [2.45, 2.75) is 53.0 Å². The molecule has 1 rings (SSSR count). The predicted octanol–water partition coefficient (Wildman–Crippen LogP) is 5.34. The Morgan fingerprint density at radius 2 is 1.84 bits per heavy atom. The zero-order valence-corrected chi connectivity index (χ0v) is 13.9. The molecule has 0 heterocycles. The van der Waals surface area contributed by atoms with Gasteiger partial charge in [-0.15, -0.1) is 0 Å². The molecule has 0 unspecified atom stereocenters. The molecule has 0 spiro atoms. The van der Waals surface area contributed by atoms with E-state index in [-0.39, 0.29) is 0 Å². The summed E-state index contributed by atoms with van der Waals surface area (Å²) >= 11 is 12.2. The maximum absolute atomic E-state index is 6.20. The van der Waals surface area contributed by atoms with E-state index >= 15 is 0 Å². The molecule has 0 atom stereocenters. The molecule has 1 nitrogen and oxygen atoms in total. The third-order valence-electron chi connectivity index (χ3n) is 3.43. The molecular weight excluding hydrogens is 277 g/mol. The van der Waals surface area contributed by atoms with Crippen LogP contribution in [0.15, 0.2) is 18.2 Å². The van der Waals surface area contributed by atoms with E-state index in [1.165, 1.54) is 6.42 Å². The molecule has 108 valence electrons. The van der Waals surface area contributed by atoms with Gasteiger partial charge in [-0.2, -0.15) is 0 Å². The standard InChI is InChI=1S/C16H25Cl2N/c1-12(2)19-10-9-16(3,4)8-7-13-11-14(17)5-6-15(13)18/h5-6,11-12,19H,7-10H2,1-4H3. The molecule has 0 radical (unpaired) electrons. The zero-order valence-electron chi connectivity index (χ0n) is 12.4. The average molecular weight is 302 g/mol. The van der Waals surface area contributed by atoms with Crippen LogP contribution in [0.2, 0.25) is 10.0 Å². The number of hydrogen-bond acceptors (Lipinski definition) is 1. The van der Waals surface area contributed by atoms with Crippen molar-refractivity contribution < 1.29 is 0 Å². The van der Waals surface area contributed by atoms with E-state index in [1.807, 2.05) is 18.2 Å². The molecule has 0 aromatic heterocycles. The average Bonchev–Trinajstić information content (AvgIpc) is 2.30. The van der Waals surface area contributed by atoms with Gasteiger partial charge < -0.3 is 5.32 Å². The van der Waals surface area contributed by atoms with E-state index in [0.29, 0.717) is 11.5 Å². The second-order valence-electron chi connectivity index (χ2n) is 6.26. The summed E-state index contributed by atoms with van der Waals surface area (Å²) in [6.45, 7) is 10.0. The summed E-state index contributed by atoms with van der Waals surface area (Å²) in [4.78, 5) is 0. The molecule has 3 heteroatoms. The Bertz CT molecular complexity index is 400. The molecule has 1 aromatic rings.